The molecule has 3 rings (SSSR count). The van der Waals surface area contributed by atoms with Crippen LogP contribution in [0.2, 0.25) is 0 Å². The van der Waals surface area contributed by atoms with Gasteiger partial charge in [-0.2, -0.15) is 0 Å². The van der Waals surface area contributed by atoms with Crippen molar-refractivity contribution in [2.24, 2.45) is 0 Å². The summed E-state index contributed by atoms with van der Waals surface area (Å²) in [4.78, 5) is 59.3. The number of carbonyl (C=O) groups excluding carboxylic acids is 5. The third kappa shape index (κ3) is 7.86. The predicted octanol–water partition coefficient (Wildman–Crippen LogP) is 1.17. The van der Waals surface area contributed by atoms with Crippen molar-refractivity contribution >= 4 is 29.8 Å². The Bertz CT molecular complexity index is 1180. The first kappa shape index (κ1) is 32.6. The Hall–Kier alpha value is -3.95. The summed E-state index contributed by atoms with van der Waals surface area (Å²) in [6.45, 7) is 5.21. The van der Waals surface area contributed by atoms with Gasteiger partial charge in [0.25, 0.3) is 0 Å². The highest BCUT2D eigenvalue weighted by Gasteiger charge is 2.56. The standard InChI is InChI=1S/C27H34O15/c1-12(28)35-10-19-21(17-8-9-18(33-6)23(22(17)34-7)37-14(3)30)42-26-25(39-16(5)32)24(38-15(4)31)20(11-36-13(2)29)41-27(26)40-19/h8-9,19-21,24-27H,10-11H2,1-7H3/t19-,20-,21-,24-,25+,26-,27-/m0/s1. The molecule has 2 heterocycles. The lowest BCUT2D eigenvalue weighted by Gasteiger charge is -2.50. The van der Waals surface area contributed by atoms with Crippen LogP contribution in [-0.2, 0) is 57.1 Å². The fourth-order valence-electron chi connectivity index (χ4n) is 4.62. The summed E-state index contributed by atoms with van der Waals surface area (Å²) in [7, 11) is 2.71. The topological polar surface area (TPSA) is 178 Å². The van der Waals surface area contributed by atoms with Gasteiger partial charge in [0.2, 0.25) is 5.75 Å². The minimum absolute atomic E-state index is 0.0439. The number of methoxy groups -OCH3 is 2. The molecule has 2 aliphatic rings. The number of carbonyl (C=O) groups is 5. The lowest BCUT2D eigenvalue weighted by atomic mass is 9.94. The Morgan fingerprint density at radius 2 is 1.24 bits per heavy atom. The van der Waals surface area contributed by atoms with Gasteiger partial charge in [0.1, 0.15) is 37.6 Å². The molecule has 2 aliphatic heterocycles. The number of ether oxygens (including phenoxy) is 10. The predicted molar refractivity (Wildman–Crippen MR) is 136 cm³/mol. The lowest BCUT2D eigenvalue weighted by Crippen LogP contribution is -2.65. The van der Waals surface area contributed by atoms with Crippen LogP contribution in [0.15, 0.2) is 12.1 Å². The number of fused-ring (bicyclic) bond motifs is 1. The van der Waals surface area contributed by atoms with Crippen molar-refractivity contribution in [1.82, 2.24) is 0 Å². The maximum Gasteiger partial charge on any atom is 0.308 e. The van der Waals surface area contributed by atoms with Crippen LogP contribution in [0.1, 0.15) is 46.3 Å². The van der Waals surface area contributed by atoms with Crippen LogP contribution >= 0.6 is 0 Å². The van der Waals surface area contributed by atoms with E-state index in [9.17, 15) is 24.0 Å². The molecule has 0 radical (unpaired) electrons. The quantitative estimate of drug-likeness (QED) is 0.213. The fourth-order valence-corrected chi connectivity index (χ4v) is 4.62. The third-order valence-electron chi connectivity index (χ3n) is 6.13. The molecule has 0 bridgehead atoms. The molecular formula is C27H34O15. The van der Waals surface area contributed by atoms with Crippen molar-refractivity contribution in [3.63, 3.8) is 0 Å². The summed E-state index contributed by atoms with van der Waals surface area (Å²) in [5, 5.41) is 0. The highest BCUT2D eigenvalue weighted by atomic mass is 16.8. The van der Waals surface area contributed by atoms with E-state index in [1.165, 1.54) is 41.1 Å². The zero-order valence-electron chi connectivity index (χ0n) is 24.2. The average molecular weight is 599 g/mol. The fraction of sp³-hybridized carbons (Fsp3) is 0.593. The van der Waals surface area contributed by atoms with Gasteiger partial charge in [0.05, 0.1) is 14.2 Å². The molecule has 0 saturated carbocycles. The molecule has 42 heavy (non-hydrogen) atoms. The molecule has 15 nitrogen and oxygen atoms in total. The van der Waals surface area contributed by atoms with Crippen LogP contribution in [-0.4, -0.2) is 94.1 Å². The minimum atomic E-state index is -1.29. The Labute approximate surface area is 241 Å². The van der Waals surface area contributed by atoms with Gasteiger partial charge in [0, 0.05) is 40.2 Å². The van der Waals surface area contributed by atoms with E-state index in [4.69, 9.17) is 47.4 Å². The molecule has 1 aromatic carbocycles. The number of benzene rings is 1. The van der Waals surface area contributed by atoms with Gasteiger partial charge in [0.15, 0.2) is 30.0 Å². The molecule has 232 valence electrons. The normalized spacial score (nSPS) is 26.6. The van der Waals surface area contributed by atoms with Crippen molar-refractivity contribution in [1.29, 1.82) is 0 Å². The number of hydrogen-bond acceptors (Lipinski definition) is 15. The van der Waals surface area contributed by atoms with Gasteiger partial charge < -0.3 is 47.4 Å². The first-order chi connectivity index (χ1) is 19.9. The Kier molecular flexibility index (Phi) is 11.1. The maximum atomic E-state index is 12.2. The Balaban J connectivity index is 2.11. The van der Waals surface area contributed by atoms with Crippen molar-refractivity contribution in [3.8, 4) is 17.2 Å². The highest BCUT2D eigenvalue weighted by molar-refractivity contribution is 5.73. The molecule has 0 aliphatic carbocycles. The van der Waals surface area contributed by atoms with Crippen molar-refractivity contribution in [2.45, 2.75) is 77.5 Å². The summed E-state index contributed by atoms with van der Waals surface area (Å²) in [6, 6.07) is 3.07. The van der Waals surface area contributed by atoms with Gasteiger partial charge in [-0.1, -0.05) is 0 Å². The monoisotopic (exact) mass is 598 g/mol. The van der Waals surface area contributed by atoms with E-state index in [0.29, 0.717) is 0 Å². The Morgan fingerprint density at radius 1 is 0.667 bits per heavy atom. The van der Waals surface area contributed by atoms with Crippen LogP contribution in [0.3, 0.4) is 0 Å². The van der Waals surface area contributed by atoms with Crippen LogP contribution in [0.25, 0.3) is 0 Å². The van der Waals surface area contributed by atoms with E-state index in [1.807, 2.05) is 0 Å². The summed E-state index contributed by atoms with van der Waals surface area (Å²) in [5.41, 5.74) is 0.290. The SMILES string of the molecule is COc1ccc([C@@H]2O[C@@H]3[C@H](O[C@@H](COC(C)=O)[C@H](OC(C)=O)[C@H]3OC(C)=O)O[C@H]2COC(C)=O)c(OC)c1OC(C)=O. The first-order valence-corrected chi connectivity index (χ1v) is 12.9. The molecule has 0 aromatic heterocycles. The summed E-state index contributed by atoms with van der Waals surface area (Å²) in [5.74, 6) is -3.16. The van der Waals surface area contributed by atoms with Crippen LogP contribution in [0.5, 0.6) is 17.2 Å². The molecular weight excluding hydrogens is 564 g/mol. The van der Waals surface area contributed by atoms with Gasteiger partial charge in [-0.3, -0.25) is 24.0 Å². The second kappa shape index (κ2) is 14.3. The van der Waals surface area contributed by atoms with Gasteiger partial charge in [-0.05, 0) is 12.1 Å². The molecule has 0 N–H and O–H groups in total. The van der Waals surface area contributed by atoms with Crippen LogP contribution < -0.4 is 14.2 Å². The van der Waals surface area contributed by atoms with E-state index < -0.39 is 72.8 Å². The Morgan fingerprint density at radius 3 is 1.76 bits per heavy atom. The van der Waals surface area contributed by atoms with E-state index in [2.05, 4.69) is 0 Å². The molecule has 2 saturated heterocycles. The molecule has 1 aromatic rings. The second-order valence-corrected chi connectivity index (χ2v) is 9.31. The zero-order chi connectivity index (χ0) is 31.1. The van der Waals surface area contributed by atoms with Crippen LogP contribution in [0, 0.1) is 0 Å². The van der Waals surface area contributed by atoms with Crippen molar-refractivity contribution in [3.05, 3.63) is 17.7 Å². The summed E-state index contributed by atoms with van der Waals surface area (Å²) < 4.78 is 56.2. The van der Waals surface area contributed by atoms with Gasteiger partial charge in [-0.25, -0.2) is 0 Å². The minimum Gasteiger partial charge on any atom is -0.493 e. The van der Waals surface area contributed by atoms with Crippen molar-refractivity contribution < 1.29 is 71.3 Å². The maximum absolute atomic E-state index is 12.2. The molecule has 2 fully saturated rings. The first-order valence-electron chi connectivity index (χ1n) is 12.9. The van der Waals surface area contributed by atoms with Crippen molar-refractivity contribution in [2.75, 3.05) is 27.4 Å². The molecule has 0 unspecified atom stereocenters. The zero-order valence-corrected chi connectivity index (χ0v) is 24.2. The van der Waals surface area contributed by atoms with Gasteiger partial charge >= 0.3 is 29.8 Å². The lowest BCUT2D eigenvalue weighted by molar-refractivity contribution is -0.371. The van der Waals surface area contributed by atoms with E-state index in [1.54, 1.807) is 6.07 Å². The third-order valence-corrected chi connectivity index (χ3v) is 6.13. The molecule has 15 heteroatoms. The largest absolute Gasteiger partial charge is 0.493 e. The second-order valence-electron chi connectivity index (χ2n) is 9.31. The van der Waals surface area contributed by atoms with E-state index >= 15 is 0 Å². The van der Waals surface area contributed by atoms with Crippen LogP contribution in [0.4, 0.5) is 0 Å². The average Bonchev–Trinajstić information content (AvgIpc) is 2.90. The number of hydrogen-bond donors (Lipinski definition) is 0. The summed E-state index contributed by atoms with van der Waals surface area (Å²) in [6.07, 6.45) is -8.31. The molecule has 0 spiro atoms. The van der Waals surface area contributed by atoms with E-state index in [-0.39, 0.29) is 36.0 Å². The molecule has 7 atom stereocenters. The summed E-state index contributed by atoms with van der Waals surface area (Å²) >= 11 is 0. The smallest absolute Gasteiger partial charge is 0.308 e. The highest BCUT2D eigenvalue weighted by Crippen LogP contribution is 2.47. The molecule has 0 amide bonds. The van der Waals surface area contributed by atoms with E-state index in [0.717, 1.165) is 13.8 Å². The van der Waals surface area contributed by atoms with Gasteiger partial charge in [-0.15, -0.1) is 0 Å². The number of esters is 5. The number of rotatable bonds is 10.